The number of amides is 1. The van der Waals surface area contributed by atoms with Gasteiger partial charge in [-0.15, -0.1) is 11.3 Å². The van der Waals surface area contributed by atoms with E-state index in [-0.39, 0.29) is 11.0 Å². The van der Waals surface area contributed by atoms with Gasteiger partial charge in [-0.1, -0.05) is 12.1 Å². The molecule has 0 bridgehead atoms. The third-order valence-electron chi connectivity index (χ3n) is 4.43. The predicted molar refractivity (Wildman–Crippen MR) is 122 cm³/mol. The van der Waals surface area contributed by atoms with Crippen LogP contribution in [0.1, 0.15) is 27.2 Å². The van der Waals surface area contributed by atoms with Crippen LogP contribution in [0.4, 0.5) is 5.69 Å². The number of ether oxygens (including phenoxy) is 2. The van der Waals surface area contributed by atoms with E-state index in [2.05, 4.69) is 21.2 Å². The van der Waals surface area contributed by atoms with Crippen molar-refractivity contribution in [3.05, 3.63) is 69.7 Å². The summed E-state index contributed by atoms with van der Waals surface area (Å²) in [5, 5.41) is 5.27. The van der Waals surface area contributed by atoms with Crippen molar-refractivity contribution in [2.75, 3.05) is 12.4 Å². The molecule has 3 N–H and O–H groups in total. The number of hydrazine groups is 1. The molecule has 0 saturated heterocycles. The van der Waals surface area contributed by atoms with Gasteiger partial charge < -0.3 is 14.8 Å². The molecule has 156 valence electrons. The summed E-state index contributed by atoms with van der Waals surface area (Å²) >= 11 is 6.77. The Morgan fingerprint density at radius 2 is 2.00 bits per heavy atom. The summed E-state index contributed by atoms with van der Waals surface area (Å²) in [7, 11) is 1.52. The van der Waals surface area contributed by atoms with Crippen molar-refractivity contribution in [2.24, 2.45) is 0 Å². The van der Waals surface area contributed by atoms with Gasteiger partial charge in [-0.05, 0) is 61.5 Å². The van der Waals surface area contributed by atoms with E-state index in [1.165, 1.54) is 18.4 Å². The molecule has 0 aliphatic rings. The number of carbonyl (C=O) groups is 1. The summed E-state index contributed by atoms with van der Waals surface area (Å²) in [5.41, 5.74) is 11.4. The van der Waals surface area contributed by atoms with Crippen LogP contribution in [-0.2, 0) is 6.61 Å². The molecule has 30 heavy (non-hydrogen) atoms. The quantitative estimate of drug-likeness (QED) is 0.393. The maximum Gasteiger partial charge on any atom is 0.269 e. The Hall–Kier alpha value is -3.17. The second-order valence-electron chi connectivity index (χ2n) is 6.41. The normalized spacial score (nSPS) is 10.2. The number of rotatable bonds is 6. The molecule has 0 saturated carbocycles. The van der Waals surface area contributed by atoms with Crippen molar-refractivity contribution >= 4 is 40.3 Å². The lowest BCUT2D eigenvalue weighted by atomic mass is 10.1. The number of methoxy groups -OCH3 is 1. The van der Waals surface area contributed by atoms with E-state index < -0.39 is 0 Å². The van der Waals surface area contributed by atoms with Crippen LogP contribution in [-0.4, -0.2) is 23.1 Å². The molecule has 2 aromatic carbocycles. The van der Waals surface area contributed by atoms with Gasteiger partial charge in [0.05, 0.1) is 18.3 Å². The maximum absolute atomic E-state index is 12.5. The number of nitrogens with one attached hydrogen (secondary N) is 3. The average molecular weight is 443 g/mol. The van der Waals surface area contributed by atoms with Crippen LogP contribution in [0.25, 0.3) is 0 Å². The Labute approximate surface area is 184 Å². The number of aromatic nitrogens is 1. The number of benzene rings is 2. The molecule has 0 spiro atoms. The monoisotopic (exact) mass is 442 g/mol. The van der Waals surface area contributed by atoms with Crippen molar-refractivity contribution < 1.29 is 14.3 Å². The highest BCUT2D eigenvalue weighted by molar-refractivity contribution is 7.80. The molecule has 3 rings (SSSR count). The molecule has 1 heterocycles. The fourth-order valence-electron chi connectivity index (χ4n) is 2.61. The zero-order chi connectivity index (χ0) is 21.5. The topological polar surface area (TPSA) is 84.5 Å². The predicted octanol–water partition coefficient (Wildman–Crippen LogP) is 3.98. The van der Waals surface area contributed by atoms with Crippen LogP contribution in [0.2, 0.25) is 0 Å². The third kappa shape index (κ3) is 5.46. The number of thiazole rings is 1. The number of nitrogens with zero attached hydrogens (tertiary/aromatic N) is 1. The minimum atomic E-state index is -0.357. The molecular weight excluding hydrogens is 420 g/mol. The smallest absolute Gasteiger partial charge is 0.269 e. The van der Waals surface area contributed by atoms with Crippen LogP contribution in [0, 0.1) is 13.8 Å². The van der Waals surface area contributed by atoms with Gasteiger partial charge in [0.25, 0.3) is 5.91 Å². The van der Waals surface area contributed by atoms with Gasteiger partial charge in [-0.25, -0.2) is 4.98 Å². The Kier molecular flexibility index (Phi) is 7.21. The Bertz CT molecular complexity index is 1040. The lowest BCUT2D eigenvalue weighted by molar-refractivity contribution is 0.0943. The lowest BCUT2D eigenvalue weighted by Gasteiger charge is -2.15. The molecule has 3 aromatic rings. The van der Waals surface area contributed by atoms with Crippen LogP contribution in [0.3, 0.4) is 0 Å². The van der Waals surface area contributed by atoms with Crippen LogP contribution in [0.5, 0.6) is 11.5 Å². The number of aryl methyl sites for hydroxylation is 1. The SMILES string of the molecule is COc1cc(C(=O)NNC(=S)Nc2cccc(C)c2C)ccc1OCc1cscn1. The molecule has 9 heteroatoms. The molecule has 0 aliphatic heterocycles. The summed E-state index contributed by atoms with van der Waals surface area (Å²) < 4.78 is 11.1. The molecule has 7 nitrogen and oxygen atoms in total. The molecule has 0 aliphatic carbocycles. The van der Waals surface area contributed by atoms with Crippen molar-refractivity contribution in [1.29, 1.82) is 0 Å². The van der Waals surface area contributed by atoms with Gasteiger partial charge in [-0.3, -0.25) is 15.6 Å². The fourth-order valence-corrected chi connectivity index (χ4v) is 3.32. The van der Waals surface area contributed by atoms with Crippen LogP contribution >= 0.6 is 23.6 Å². The van der Waals surface area contributed by atoms with Crippen molar-refractivity contribution in [3.63, 3.8) is 0 Å². The zero-order valence-corrected chi connectivity index (χ0v) is 18.4. The summed E-state index contributed by atoms with van der Waals surface area (Å²) in [6.07, 6.45) is 0. The molecule has 0 fully saturated rings. The largest absolute Gasteiger partial charge is 0.493 e. The molecule has 1 amide bonds. The highest BCUT2D eigenvalue weighted by atomic mass is 32.1. The molecule has 1 aromatic heterocycles. The minimum absolute atomic E-state index is 0.284. The van der Waals surface area contributed by atoms with E-state index >= 15 is 0 Å². The van der Waals surface area contributed by atoms with E-state index in [1.807, 2.05) is 37.4 Å². The van der Waals surface area contributed by atoms with Crippen molar-refractivity contribution in [3.8, 4) is 11.5 Å². The van der Waals surface area contributed by atoms with Gasteiger partial charge in [0.1, 0.15) is 6.61 Å². The van der Waals surface area contributed by atoms with Crippen LogP contribution in [0.15, 0.2) is 47.3 Å². The standard InChI is InChI=1S/C21H22N4O3S2/c1-13-5-4-6-17(14(13)2)23-21(29)25-24-20(26)15-7-8-18(19(9-15)27-3)28-10-16-11-30-12-22-16/h4-9,11-12H,10H2,1-3H3,(H,24,26)(H2,23,25,29). The van der Waals surface area contributed by atoms with E-state index in [4.69, 9.17) is 21.7 Å². The Balaban J connectivity index is 1.58. The van der Waals surface area contributed by atoms with Gasteiger partial charge in [0.15, 0.2) is 16.6 Å². The third-order valence-corrected chi connectivity index (χ3v) is 5.27. The molecule has 0 radical (unpaired) electrons. The average Bonchev–Trinajstić information content (AvgIpc) is 3.27. The highest BCUT2D eigenvalue weighted by Gasteiger charge is 2.12. The van der Waals surface area contributed by atoms with Gasteiger partial charge in [-0.2, -0.15) is 0 Å². The van der Waals surface area contributed by atoms with Gasteiger partial charge in [0, 0.05) is 16.6 Å². The Morgan fingerprint density at radius 3 is 2.73 bits per heavy atom. The Morgan fingerprint density at radius 1 is 1.17 bits per heavy atom. The van der Waals surface area contributed by atoms with E-state index in [9.17, 15) is 4.79 Å². The first-order chi connectivity index (χ1) is 14.5. The first-order valence-electron chi connectivity index (χ1n) is 9.09. The zero-order valence-electron chi connectivity index (χ0n) is 16.8. The summed E-state index contributed by atoms with van der Waals surface area (Å²) in [6, 6.07) is 10.8. The summed E-state index contributed by atoms with van der Waals surface area (Å²) in [6.45, 7) is 4.35. The summed E-state index contributed by atoms with van der Waals surface area (Å²) in [4.78, 5) is 16.7. The van der Waals surface area contributed by atoms with E-state index in [0.29, 0.717) is 23.7 Å². The minimum Gasteiger partial charge on any atom is -0.493 e. The second kappa shape index (κ2) is 10.0. The van der Waals surface area contributed by atoms with Gasteiger partial charge >= 0.3 is 0 Å². The van der Waals surface area contributed by atoms with Crippen molar-refractivity contribution in [1.82, 2.24) is 15.8 Å². The molecule has 0 unspecified atom stereocenters. The number of hydrogen-bond donors (Lipinski definition) is 3. The number of hydrogen-bond acceptors (Lipinski definition) is 6. The first kappa shape index (κ1) is 21.5. The highest BCUT2D eigenvalue weighted by Crippen LogP contribution is 2.28. The summed E-state index contributed by atoms with van der Waals surface area (Å²) in [5.74, 6) is 0.626. The van der Waals surface area contributed by atoms with E-state index in [1.54, 1.807) is 23.7 Å². The van der Waals surface area contributed by atoms with Crippen molar-refractivity contribution in [2.45, 2.75) is 20.5 Å². The first-order valence-corrected chi connectivity index (χ1v) is 10.4. The maximum atomic E-state index is 12.5. The molecular formula is C21H22N4O3S2. The van der Waals surface area contributed by atoms with Crippen LogP contribution < -0.4 is 25.6 Å². The number of thiocarbonyl (C=S) groups is 1. The van der Waals surface area contributed by atoms with Gasteiger partial charge in [0.2, 0.25) is 0 Å². The molecule has 0 atom stereocenters. The lowest BCUT2D eigenvalue weighted by Crippen LogP contribution is -2.43. The fraction of sp³-hybridized carbons (Fsp3) is 0.190. The number of anilines is 1. The second-order valence-corrected chi connectivity index (χ2v) is 7.54. The number of carbonyl (C=O) groups excluding carboxylic acids is 1. The van der Waals surface area contributed by atoms with E-state index in [0.717, 1.165) is 22.5 Å².